The molecular formula is C24H26N2O5. The number of nitrogens with zero attached hydrogens (tertiary/aromatic N) is 1. The van der Waals surface area contributed by atoms with Crippen molar-refractivity contribution >= 4 is 29.4 Å². The molecule has 3 amide bonds. The van der Waals surface area contributed by atoms with Gasteiger partial charge in [-0.15, -0.1) is 0 Å². The number of rotatable bonds is 7. The summed E-state index contributed by atoms with van der Waals surface area (Å²) in [5, 5.41) is 2.79. The van der Waals surface area contributed by atoms with Gasteiger partial charge in [0.25, 0.3) is 17.7 Å². The highest BCUT2D eigenvalue weighted by Gasteiger charge is 2.38. The zero-order valence-corrected chi connectivity index (χ0v) is 18.2. The summed E-state index contributed by atoms with van der Waals surface area (Å²) in [6, 6.07) is 9.80. The molecule has 0 spiro atoms. The summed E-state index contributed by atoms with van der Waals surface area (Å²) in [5.41, 5.74) is 2.72. The SMILES string of the molecule is CCC(CC)NC(=O)COC(=O)c1ccc2c(c1)C(=O)N(c1cc(C)ccc1C)C2=O. The second kappa shape index (κ2) is 9.12. The number of anilines is 1. The van der Waals surface area contributed by atoms with Crippen LogP contribution in [-0.4, -0.2) is 36.3 Å². The van der Waals surface area contributed by atoms with Crippen LogP contribution in [0.2, 0.25) is 0 Å². The number of nitrogens with one attached hydrogen (secondary N) is 1. The predicted molar refractivity (Wildman–Crippen MR) is 116 cm³/mol. The highest BCUT2D eigenvalue weighted by Crippen LogP contribution is 2.31. The summed E-state index contributed by atoms with van der Waals surface area (Å²) in [7, 11) is 0. The van der Waals surface area contributed by atoms with E-state index in [2.05, 4.69) is 5.32 Å². The maximum Gasteiger partial charge on any atom is 0.338 e. The molecule has 0 saturated heterocycles. The predicted octanol–water partition coefficient (Wildman–Crippen LogP) is 3.57. The number of aryl methyl sites for hydroxylation is 2. The molecule has 0 saturated carbocycles. The molecule has 0 unspecified atom stereocenters. The first kappa shape index (κ1) is 22.2. The number of fused-ring (bicyclic) bond motifs is 1. The van der Waals surface area contributed by atoms with Gasteiger partial charge in [0.1, 0.15) is 0 Å². The van der Waals surface area contributed by atoms with E-state index in [1.54, 1.807) is 6.07 Å². The first-order valence-electron chi connectivity index (χ1n) is 10.3. The average Bonchev–Trinajstić information content (AvgIpc) is 3.01. The van der Waals surface area contributed by atoms with Crippen LogP contribution in [0.5, 0.6) is 0 Å². The van der Waals surface area contributed by atoms with Crippen molar-refractivity contribution in [3.8, 4) is 0 Å². The Morgan fingerprint density at radius 1 is 0.968 bits per heavy atom. The third-order valence-electron chi connectivity index (χ3n) is 5.41. The van der Waals surface area contributed by atoms with E-state index in [1.807, 2.05) is 39.8 Å². The Hall–Kier alpha value is -3.48. The van der Waals surface area contributed by atoms with E-state index in [0.29, 0.717) is 5.69 Å². The zero-order valence-electron chi connectivity index (χ0n) is 18.2. The quantitative estimate of drug-likeness (QED) is 0.544. The summed E-state index contributed by atoms with van der Waals surface area (Å²) >= 11 is 0. The molecule has 0 aliphatic carbocycles. The molecule has 0 atom stereocenters. The van der Waals surface area contributed by atoms with Crippen LogP contribution < -0.4 is 10.2 Å². The number of ether oxygens (including phenoxy) is 1. The van der Waals surface area contributed by atoms with E-state index in [9.17, 15) is 19.2 Å². The molecule has 0 aromatic heterocycles. The summed E-state index contributed by atoms with van der Waals surface area (Å²) < 4.78 is 5.09. The van der Waals surface area contributed by atoms with Gasteiger partial charge >= 0.3 is 5.97 Å². The molecule has 2 aromatic rings. The van der Waals surface area contributed by atoms with Gasteiger partial charge < -0.3 is 10.1 Å². The fourth-order valence-corrected chi connectivity index (χ4v) is 3.52. The number of imide groups is 1. The molecule has 162 valence electrons. The molecule has 31 heavy (non-hydrogen) atoms. The number of hydrogen-bond donors (Lipinski definition) is 1. The van der Waals surface area contributed by atoms with Gasteiger partial charge in [-0.3, -0.25) is 14.4 Å². The molecule has 0 radical (unpaired) electrons. The van der Waals surface area contributed by atoms with Gasteiger partial charge in [0.05, 0.1) is 22.4 Å². The Kier molecular flexibility index (Phi) is 6.53. The first-order chi connectivity index (χ1) is 14.8. The molecule has 3 rings (SSSR count). The monoisotopic (exact) mass is 422 g/mol. The topological polar surface area (TPSA) is 92.8 Å². The molecule has 1 aliphatic rings. The minimum absolute atomic E-state index is 0.0332. The molecule has 1 N–H and O–H groups in total. The molecule has 0 bridgehead atoms. The normalized spacial score (nSPS) is 12.9. The van der Waals surface area contributed by atoms with Gasteiger partial charge in [-0.1, -0.05) is 26.0 Å². The summed E-state index contributed by atoms with van der Waals surface area (Å²) in [4.78, 5) is 51.3. The van der Waals surface area contributed by atoms with Crippen LogP contribution in [-0.2, 0) is 9.53 Å². The number of benzene rings is 2. The highest BCUT2D eigenvalue weighted by atomic mass is 16.5. The molecule has 1 heterocycles. The second-order valence-corrected chi connectivity index (χ2v) is 7.65. The van der Waals surface area contributed by atoms with Crippen LogP contribution in [0.1, 0.15) is 68.9 Å². The standard InChI is InChI=1S/C24H26N2O5/c1-5-17(6-2)25-21(27)13-31-24(30)16-9-10-18-19(12-16)23(29)26(22(18)28)20-11-14(3)7-8-15(20)4/h7-12,17H,5-6,13H2,1-4H3,(H,25,27). The van der Waals surface area contributed by atoms with Crippen LogP contribution in [0, 0.1) is 13.8 Å². The zero-order chi connectivity index (χ0) is 22.7. The Bertz CT molecular complexity index is 1060. The lowest BCUT2D eigenvalue weighted by Crippen LogP contribution is -2.36. The van der Waals surface area contributed by atoms with Crippen molar-refractivity contribution < 1.29 is 23.9 Å². The third-order valence-corrected chi connectivity index (χ3v) is 5.41. The van der Waals surface area contributed by atoms with E-state index < -0.39 is 24.4 Å². The summed E-state index contributed by atoms with van der Waals surface area (Å²) in [5.74, 6) is -2.03. The Labute approximate surface area is 181 Å². The Balaban J connectivity index is 1.76. The molecule has 7 nitrogen and oxygen atoms in total. The highest BCUT2D eigenvalue weighted by molar-refractivity contribution is 6.35. The van der Waals surface area contributed by atoms with Gasteiger partial charge in [-0.25, -0.2) is 9.69 Å². The van der Waals surface area contributed by atoms with Crippen molar-refractivity contribution in [3.05, 3.63) is 64.2 Å². The maximum atomic E-state index is 13.0. The fraction of sp³-hybridized carbons (Fsp3) is 0.333. The van der Waals surface area contributed by atoms with Gasteiger partial charge in [0, 0.05) is 6.04 Å². The second-order valence-electron chi connectivity index (χ2n) is 7.65. The summed E-state index contributed by atoms with van der Waals surface area (Å²) in [6.45, 7) is 7.23. The number of esters is 1. The largest absolute Gasteiger partial charge is 0.452 e. The van der Waals surface area contributed by atoms with Crippen LogP contribution in [0.25, 0.3) is 0 Å². The van der Waals surface area contributed by atoms with Crippen molar-refractivity contribution in [3.63, 3.8) is 0 Å². The van der Waals surface area contributed by atoms with Crippen LogP contribution >= 0.6 is 0 Å². The first-order valence-corrected chi connectivity index (χ1v) is 10.3. The van der Waals surface area contributed by atoms with E-state index in [4.69, 9.17) is 4.74 Å². The summed E-state index contributed by atoms with van der Waals surface area (Å²) in [6.07, 6.45) is 1.57. The minimum atomic E-state index is -0.729. The van der Waals surface area contributed by atoms with Crippen molar-refractivity contribution in [2.24, 2.45) is 0 Å². The van der Waals surface area contributed by atoms with Crippen LogP contribution in [0.4, 0.5) is 5.69 Å². The third kappa shape index (κ3) is 4.50. The van der Waals surface area contributed by atoms with Crippen molar-refractivity contribution in [2.75, 3.05) is 11.5 Å². The van der Waals surface area contributed by atoms with E-state index in [-0.39, 0.29) is 28.6 Å². The fourth-order valence-electron chi connectivity index (χ4n) is 3.52. The van der Waals surface area contributed by atoms with Crippen molar-refractivity contribution in [1.82, 2.24) is 5.32 Å². The Morgan fingerprint density at radius 3 is 2.32 bits per heavy atom. The number of hydrogen-bond acceptors (Lipinski definition) is 5. The Morgan fingerprint density at radius 2 is 1.65 bits per heavy atom. The maximum absolute atomic E-state index is 13.0. The van der Waals surface area contributed by atoms with Crippen LogP contribution in [0.15, 0.2) is 36.4 Å². The number of carbonyl (C=O) groups is 4. The number of carbonyl (C=O) groups excluding carboxylic acids is 4. The molecule has 2 aromatic carbocycles. The van der Waals surface area contributed by atoms with Gasteiger partial charge in [0.15, 0.2) is 6.61 Å². The lowest BCUT2D eigenvalue weighted by atomic mass is 10.1. The average molecular weight is 422 g/mol. The van der Waals surface area contributed by atoms with E-state index in [1.165, 1.54) is 18.2 Å². The molecule has 0 fully saturated rings. The minimum Gasteiger partial charge on any atom is -0.452 e. The van der Waals surface area contributed by atoms with E-state index >= 15 is 0 Å². The molecule has 7 heteroatoms. The molecular weight excluding hydrogens is 396 g/mol. The van der Waals surface area contributed by atoms with Crippen LogP contribution in [0.3, 0.4) is 0 Å². The van der Waals surface area contributed by atoms with Crippen molar-refractivity contribution in [1.29, 1.82) is 0 Å². The van der Waals surface area contributed by atoms with Gasteiger partial charge in [-0.2, -0.15) is 0 Å². The van der Waals surface area contributed by atoms with Crippen molar-refractivity contribution in [2.45, 2.75) is 46.6 Å². The van der Waals surface area contributed by atoms with Gasteiger partial charge in [-0.05, 0) is 62.1 Å². The smallest absolute Gasteiger partial charge is 0.338 e. The molecule has 1 aliphatic heterocycles. The van der Waals surface area contributed by atoms with Gasteiger partial charge in [0.2, 0.25) is 0 Å². The lowest BCUT2D eigenvalue weighted by Gasteiger charge is -2.17. The lowest BCUT2D eigenvalue weighted by molar-refractivity contribution is -0.125. The number of amides is 3. The van der Waals surface area contributed by atoms with E-state index in [0.717, 1.165) is 28.9 Å².